The predicted molar refractivity (Wildman–Crippen MR) is 119 cm³/mol. The molecule has 0 unspecified atom stereocenters. The number of amides is 1. The fraction of sp³-hybridized carbons (Fsp3) is 0.190. The molecule has 4 rings (SSSR count). The maximum Gasteiger partial charge on any atom is 0.234 e. The lowest BCUT2D eigenvalue weighted by Crippen LogP contribution is -2.14. The van der Waals surface area contributed by atoms with Crippen molar-refractivity contribution >= 4 is 51.7 Å². The van der Waals surface area contributed by atoms with Crippen molar-refractivity contribution in [3.05, 3.63) is 54.1 Å². The number of carbonyl (C=O) groups is 1. The van der Waals surface area contributed by atoms with Crippen LogP contribution in [-0.2, 0) is 4.79 Å². The third-order valence-corrected chi connectivity index (χ3v) is 6.21. The Morgan fingerprint density at radius 2 is 2.03 bits per heavy atom. The van der Waals surface area contributed by atoms with Crippen LogP contribution in [0.1, 0.15) is 5.56 Å². The maximum atomic E-state index is 12.4. The molecule has 2 aromatic heterocycles. The molecule has 29 heavy (non-hydrogen) atoms. The normalized spacial score (nSPS) is 11.1. The van der Waals surface area contributed by atoms with Crippen LogP contribution >= 0.6 is 23.5 Å². The van der Waals surface area contributed by atoms with Gasteiger partial charge >= 0.3 is 0 Å². The molecule has 2 aromatic carbocycles. The van der Waals surface area contributed by atoms with Gasteiger partial charge in [0.1, 0.15) is 5.75 Å². The van der Waals surface area contributed by atoms with Gasteiger partial charge in [0.2, 0.25) is 5.91 Å². The quantitative estimate of drug-likeness (QED) is 0.454. The van der Waals surface area contributed by atoms with Gasteiger partial charge < -0.3 is 10.1 Å². The summed E-state index contributed by atoms with van der Waals surface area (Å²) < 4.78 is 7.35. The topological polar surface area (TPSA) is 68.5 Å². The minimum Gasteiger partial charge on any atom is -0.497 e. The number of benzene rings is 2. The third-order valence-electron chi connectivity index (χ3n) is 4.56. The van der Waals surface area contributed by atoms with Crippen LogP contribution in [0.5, 0.6) is 5.75 Å². The van der Waals surface area contributed by atoms with E-state index in [2.05, 4.69) is 15.5 Å². The van der Waals surface area contributed by atoms with Crippen LogP contribution in [0, 0.1) is 6.92 Å². The van der Waals surface area contributed by atoms with Crippen LogP contribution in [0.25, 0.3) is 16.6 Å². The van der Waals surface area contributed by atoms with Gasteiger partial charge in [-0.05, 0) is 55.1 Å². The lowest BCUT2D eigenvalue weighted by Gasteiger charge is -2.09. The average molecular weight is 425 g/mol. The number of carbonyl (C=O) groups excluding carboxylic acids is 1. The van der Waals surface area contributed by atoms with E-state index in [1.807, 2.05) is 66.1 Å². The Kier molecular flexibility index (Phi) is 5.64. The molecular formula is C21H20N4O2S2. The zero-order chi connectivity index (χ0) is 20.4. The van der Waals surface area contributed by atoms with Crippen LogP contribution in [0.4, 0.5) is 5.69 Å². The standard InChI is InChI=1S/C21H20N4O2S2/c1-13-9-19-23-24-21(25(19)18-11-15(27-2)7-8-17(13)18)29-12-20(26)22-14-5-4-6-16(10-14)28-3/h4-11H,12H2,1-3H3,(H,22,26). The summed E-state index contributed by atoms with van der Waals surface area (Å²) in [5.74, 6) is 0.920. The second kappa shape index (κ2) is 8.34. The van der Waals surface area contributed by atoms with Crippen LogP contribution in [0.3, 0.4) is 0 Å². The first kappa shape index (κ1) is 19.6. The summed E-state index contributed by atoms with van der Waals surface area (Å²) in [4.78, 5) is 13.6. The summed E-state index contributed by atoms with van der Waals surface area (Å²) in [5, 5.41) is 13.3. The minimum atomic E-state index is -0.0843. The highest BCUT2D eigenvalue weighted by Gasteiger charge is 2.14. The summed E-state index contributed by atoms with van der Waals surface area (Å²) in [7, 11) is 1.65. The molecule has 8 heteroatoms. The molecule has 148 valence electrons. The number of methoxy groups -OCH3 is 1. The fourth-order valence-corrected chi connectivity index (χ4v) is 4.36. The van der Waals surface area contributed by atoms with Gasteiger partial charge in [-0.2, -0.15) is 0 Å². The number of pyridine rings is 1. The second-order valence-electron chi connectivity index (χ2n) is 6.46. The molecule has 0 radical (unpaired) electrons. The molecule has 0 aliphatic heterocycles. The number of anilines is 1. The molecular weight excluding hydrogens is 404 g/mol. The minimum absolute atomic E-state index is 0.0843. The van der Waals surface area contributed by atoms with Crippen molar-refractivity contribution in [2.75, 3.05) is 24.4 Å². The van der Waals surface area contributed by atoms with Crippen molar-refractivity contribution in [2.45, 2.75) is 17.0 Å². The van der Waals surface area contributed by atoms with Crippen molar-refractivity contribution in [1.29, 1.82) is 0 Å². The monoisotopic (exact) mass is 424 g/mol. The van der Waals surface area contributed by atoms with Crippen molar-refractivity contribution in [2.24, 2.45) is 0 Å². The van der Waals surface area contributed by atoms with Crippen LogP contribution in [0.15, 0.2) is 58.6 Å². The number of thioether (sulfide) groups is 2. The summed E-state index contributed by atoms with van der Waals surface area (Å²) in [6, 6.07) is 15.7. The molecule has 0 atom stereocenters. The number of nitrogens with one attached hydrogen (secondary N) is 1. The highest BCUT2D eigenvalue weighted by Crippen LogP contribution is 2.28. The van der Waals surface area contributed by atoms with Gasteiger partial charge in [0, 0.05) is 22.0 Å². The molecule has 0 spiro atoms. The smallest absolute Gasteiger partial charge is 0.234 e. The lowest BCUT2D eigenvalue weighted by molar-refractivity contribution is -0.113. The summed E-state index contributed by atoms with van der Waals surface area (Å²) in [5.41, 5.74) is 3.61. The van der Waals surface area contributed by atoms with E-state index >= 15 is 0 Å². The van der Waals surface area contributed by atoms with E-state index in [4.69, 9.17) is 4.74 Å². The number of hydrogen-bond acceptors (Lipinski definition) is 6. The Morgan fingerprint density at radius 1 is 1.17 bits per heavy atom. The van der Waals surface area contributed by atoms with Gasteiger partial charge in [0.25, 0.3) is 0 Å². The summed E-state index contributed by atoms with van der Waals surface area (Å²) in [6.45, 7) is 2.05. The molecule has 0 saturated carbocycles. The van der Waals surface area contributed by atoms with E-state index in [0.717, 1.165) is 38.4 Å². The molecule has 0 saturated heterocycles. The van der Waals surface area contributed by atoms with E-state index in [1.54, 1.807) is 18.9 Å². The lowest BCUT2D eigenvalue weighted by atomic mass is 10.1. The van der Waals surface area contributed by atoms with Crippen LogP contribution in [0.2, 0.25) is 0 Å². The van der Waals surface area contributed by atoms with Crippen LogP contribution < -0.4 is 10.1 Å². The van der Waals surface area contributed by atoms with Gasteiger partial charge in [0.05, 0.1) is 18.4 Å². The summed E-state index contributed by atoms with van der Waals surface area (Å²) >= 11 is 3.00. The number of aryl methyl sites for hydroxylation is 1. The Hall–Kier alpha value is -2.71. The fourth-order valence-electron chi connectivity index (χ4n) is 3.15. The van der Waals surface area contributed by atoms with Crippen molar-refractivity contribution in [3.63, 3.8) is 0 Å². The predicted octanol–water partition coefficient (Wildman–Crippen LogP) is 4.65. The van der Waals surface area contributed by atoms with E-state index in [0.29, 0.717) is 5.16 Å². The van der Waals surface area contributed by atoms with Gasteiger partial charge in [0.15, 0.2) is 10.8 Å². The van der Waals surface area contributed by atoms with Gasteiger partial charge in [-0.25, -0.2) is 0 Å². The second-order valence-corrected chi connectivity index (χ2v) is 8.28. The van der Waals surface area contributed by atoms with Gasteiger partial charge in [-0.1, -0.05) is 17.8 Å². The zero-order valence-electron chi connectivity index (χ0n) is 16.3. The zero-order valence-corrected chi connectivity index (χ0v) is 17.9. The molecule has 4 aromatic rings. The number of aromatic nitrogens is 3. The molecule has 0 aliphatic carbocycles. The van der Waals surface area contributed by atoms with Crippen LogP contribution in [-0.4, -0.2) is 39.6 Å². The maximum absolute atomic E-state index is 12.4. The number of rotatable bonds is 6. The SMILES string of the molecule is COc1ccc2c(C)cc3nnc(SCC(=O)Nc4cccc(SC)c4)n3c2c1. The molecule has 2 heterocycles. The Labute approximate surface area is 177 Å². The molecule has 0 aliphatic rings. The van der Waals surface area contributed by atoms with Gasteiger partial charge in [-0.15, -0.1) is 22.0 Å². The Balaban J connectivity index is 1.59. The number of ether oxygens (including phenoxy) is 1. The first-order valence-electron chi connectivity index (χ1n) is 8.98. The molecule has 0 fully saturated rings. The van der Waals surface area contributed by atoms with Crippen molar-refractivity contribution < 1.29 is 9.53 Å². The Morgan fingerprint density at radius 3 is 2.83 bits per heavy atom. The van der Waals surface area contributed by atoms with E-state index in [9.17, 15) is 4.79 Å². The van der Waals surface area contributed by atoms with E-state index in [1.165, 1.54) is 11.8 Å². The first-order valence-corrected chi connectivity index (χ1v) is 11.2. The van der Waals surface area contributed by atoms with E-state index < -0.39 is 0 Å². The summed E-state index contributed by atoms with van der Waals surface area (Å²) in [6.07, 6.45) is 2.01. The average Bonchev–Trinajstić information content (AvgIpc) is 3.15. The molecule has 0 bridgehead atoms. The third kappa shape index (κ3) is 4.04. The van der Waals surface area contributed by atoms with Crippen molar-refractivity contribution in [3.8, 4) is 5.75 Å². The number of nitrogens with zero attached hydrogens (tertiary/aromatic N) is 3. The molecule has 6 nitrogen and oxygen atoms in total. The molecule has 1 N–H and O–H groups in total. The van der Waals surface area contributed by atoms with Crippen molar-refractivity contribution in [1.82, 2.24) is 14.6 Å². The Bertz CT molecular complexity index is 1210. The van der Waals surface area contributed by atoms with Gasteiger partial charge in [-0.3, -0.25) is 9.20 Å². The number of fused-ring (bicyclic) bond motifs is 3. The molecule has 1 amide bonds. The highest BCUT2D eigenvalue weighted by molar-refractivity contribution is 7.99. The van der Waals surface area contributed by atoms with E-state index in [-0.39, 0.29) is 11.7 Å². The largest absolute Gasteiger partial charge is 0.497 e. The highest BCUT2D eigenvalue weighted by atomic mass is 32.2. The number of hydrogen-bond donors (Lipinski definition) is 1. The first-order chi connectivity index (χ1) is 14.1.